The molecule has 1 fully saturated rings. The van der Waals surface area contributed by atoms with Crippen LogP contribution in [-0.4, -0.2) is 59.3 Å². The summed E-state index contributed by atoms with van der Waals surface area (Å²) in [6.45, 7) is 5.67. The van der Waals surface area contributed by atoms with E-state index < -0.39 is 0 Å². The lowest BCUT2D eigenvalue weighted by molar-refractivity contribution is 0.108. The van der Waals surface area contributed by atoms with Crippen LogP contribution in [0.1, 0.15) is 5.56 Å². The molecule has 1 aliphatic heterocycles. The lowest BCUT2D eigenvalue weighted by Crippen LogP contribution is -2.46. The molecule has 0 unspecified atom stereocenters. The van der Waals surface area contributed by atoms with Crippen molar-refractivity contribution in [3.63, 3.8) is 0 Å². The van der Waals surface area contributed by atoms with E-state index in [1.807, 2.05) is 18.2 Å². The number of phenolic OH excluding ortho intramolecular Hbond substituents is 1. The van der Waals surface area contributed by atoms with E-state index >= 15 is 0 Å². The van der Waals surface area contributed by atoms with Crippen LogP contribution >= 0.6 is 0 Å². The molecular formula is C17H22N2O2. The standard InChI is InChI=1S/C17H22N2O2/c20-12-11-18-7-9-19(10-8-18)13-16-15-4-2-1-3-14(15)5-6-17(16)21/h1-6,20-21H,7-13H2. The first-order chi connectivity index (χ1) is 10.3. The third-order valence-electron chi connectivity index (χ3n) is 4.28. The van der Waals surface area contributed by atoms with E-state index in [9.17, 15) is 5.11 Å². The lowest BCUT2D eigenvalue weighted by atomic mass is 10.0. The summed E-state index contributed by atoms with van der Waals surface area (Å²) in [6.07, 6.45) is 0. The molecule has 0 aromatic heterocycles. The molecule has 4 nitrogen and oxygen atoms in total. The number of fused-ring (bicyclic) bond motifs is 1. The second kappa shape index (κ2) is 6.43. The molecule has 0 aliphatic carbocycles. The molecule has 4 heteroatoms. The Kier molecular flexibility index (Phi) is 4.39. The fourth-order valence-corrected chi connectivity index (χ4v) is 3.03. The van der Waals surface area contributed by atoms with Crippen molar-refractivity contribution < 1.29 is 10.2 Å². The number of rotatable bonds is 4. The van der Waals surface area contributed by atoms with Crippen LogP contribution in [0.5, 0.6) is 5.75 Å². The van der Waals surface area contributed by atoms with Crippen molar-refractivity contribution in [1.29, 1.82) is 0 Å². The molecule has 21 heavy (non-hydrogen) atoms. The van der Waals surface area contributed by atoms with Gasteiger partial charge in [-0.1, -0.05) is 30.3 Å². The van der Waals surface area contributed by atoms with E-state index in [-0.39, 0.29) is 6.61 Å². The van der Waals surface area contributed by atoms with E-state index in [0.29, 0.717) is 5.75 Å². The zero-order chi connectivity index (χ0) is 14.7. The van der Waals surface area contributed by atoms with Crippen LogP contribution in [0.25, 0.3) is 10.8 Å². The number of β-amino-alcohol motifs (C(OH)–C–C–N with tert-alkyl or cyclic N) is 1. The molecule has 3 rings (SSSR count). The number of hydrogen-bond donors (Lipinski definition) is 2. The average Bonchev–Trinajstić information content (AvgIpc) is 2.52. The highest BCUT2D eigenvalue weighted by Gasteiger charge is 2.18. The number of hydrogen-bond acceptors (Lipinski definition) is 4. The summed E-state index contributed by atoms with van der Waals surface area (Å²) >= 11 is 0. The Hall–Kier alpha value is -1.62. The fraction of sp³-hybridized carbons (Fsp3) is 0.412. The normalized spacial score (nSPS) is 17.4. The van der Waals surface area contributed by atoms with Crippen LogP contribution in [0.15, 0.2) is 36.4 Å². The molecule has 2 aromatic rings. The van der Waals surface area contributed by atoms with Gasteiger partial charge < -0.3 is 10.2 Å². The molecule has 1 heterocycles. The molecule has 0 bridgehead atoms. The van der Waals surface area contributed by atoms with Crippen molar-refractivity contribution in [3.8, 4) is 5.75 Å². The van der Waals surface area contributed by atoms with Gasteiger partial charge in [0.2, 0.25) is 0 Å². The molecule has 1 aliphatic rings. The minimum atomic E-state index is 0.226. The number of nitrogens with zero attached hydrogens (tertiary/aromatic N) is 2. The number of aromatic hydroxyl groups is 1. The molecule has 0 amide bonds. The van der Waals surface area contributed by atoms with Crippen LogP contribution in [-0.2, 0) is 6.54 Å². The van der Waals surface area contributed by atoms with Crippen LogP contribution in [0.2, 0.25) is 0 Å². The van der Waals surface area contributed by atoms with Gasteiger partial charge in [0.25, 0.3) is 0 Å². The SMILES string of the molecule is OCCN1CCN(Cc2c(O)ccc3ccccc23)CC1. The second-order valence-electron chi connectivity index (χ2n) is 5.63. The Balaban J connectivity index is 1.75. The number of aliphatic hydroxyl groups is 1. The predicted octanol–water partition coefficient (Wildman–Crippen LogP) is 1.66. The third-order valence-corrected chi connectivity index (χ3v) is 4.28. The highest BCUT2D eigenvalue weighted by atomic mass is 16.3. The van der Waals surface area contributed by atoms with E-state index in [1.165, 1.54) is 5.39 Å². The monoisotopic (exact) mass is 286 g/mol. The maximum atomic E-state index is 10.2. The molecule has 112 valence electrons. The molecule has 2 N–H and O–H groups in total. The summed E-state index contributed by atoms with van der Waals surface area (Å²) in [7, 11) is 0. The Morgan fingerprint density at radius 3 is 2.38 bits per heavy atom. The van der Waals surface area contributed by atoms with Gasteiger partial charge in [-0.25, -0.2) is 0 Å². The zero-order valence-corrected chi connectivity index (χ0v) is 12.2. The van der Waals surface area contributed by atoms with Gasteiger partial charge >= 0.3 is 0 Å². The minimum absolute atomic E-state index is 0.226. The second-order valence-corrected chi connectivity index (χ2v) is 5.63. The van der Waals surface area contributed by atoms with Gasteiger partial charge in [-0.15, -0.1) is 0 Å². The van der Waals surface area contributed by atoms with Crippen LogP contribution < -0.4 is 0 Å². The molecular weight excluding hydrogens is 264 g/mol. The van der Waals surface area contributed by atoms with Gasteiger partial charge in [-0.3, -0.25) is 9.80 Å². The first kappa shape index (κ1) is 14.3. The molecule has 0 saturated carbocycles. The molecule has 0 atom stereocenters. The summed E-state index contributed by atoms with van der Waals surface area (Å²) in [5.74, 6) is 0.381. The molecule has 0 radical (unpaired) electrons. The van der Waals surface area contributed by atoms with E-state index in [1.54, 1.807) is 6.07 Å². The number of phenols is 1. The van der Waals surface area contributed by atoms with Crippen LogP contribution in [0.4, 0.5) is 0 Å². The summed E-state index contributed by atoms with van der Waals surface area (Å²) in [6, 6.07) is 12.0. The van der Waals surface area contributed by atoms with Gasteiger partial charge in [0, 0.05) is 44.8 Å². The number of benzene rings is 2. The Morgan fingerprint density at radius 2 is 1.62 bits per heavy atom. The summed E-state index contributed by atoms with van der Waals surface area (Å²) in [5.41, 5.74) is 1.02. The summed E-state index contributed by atoms with van der Waals surface area (Å²) < 4.78 is 0. The average molecular weight is 286 g/mol. The first-order valence-corrected chi connectivity index (χ1v) is 7.53. The smallest absolute Gasteiger partial charge is 0.120 e. The van der Waals surface area contributed by atoms with Crippen molar-refractivity contribution >= 4 is 10.8 Å². The van der Waals surface area contributed by atoms with Crippen molar-refractivity contribution in [2.45, 2.75) is 6.54 Å². The van der Waals surface area contributed by atoms with Gasteiger partial charge in [-0.2, -0.15) is 0 Å². The molecule has 2 aromatic carbocycles. The van der Waals surface area contributed by atoms with Crippen molar-refractivity contribution in [2.75, 3.05) is 39.3 Å². The first-order valence-electron chi connectivity index (χ1n) is 7.53. The number of aliphatic hydroxyl groups excluding tert-OH is 1. The molecule has 0 spiro atoms. The Morgan fingerprint density at radius 1 is 0.905 bits per heavy atom. The summed E-state index contributed by atoms with van der Waals surface area (Å²) in [5, 5.41) is 21.5. The van der Waals surface area contributed by atoms with Crippen LogP contribution in [0, 0.1) is 0 Å². The maximum Gasteiger partial charge on any atom is 0.120 e. The highest BCUT2D eigenvalue weighted by Crippen LogP contribution is 2.28. The van der Waals surface area contributed by atoms with E-state index in [0.717, 1.165) is 50.2 Å². The van der Waals surface area contributed by atoms with E-state index in [2.05, 4.69) is 21.9 Å². The van der Waals surface area contributed by atoms with Gasteiger partial charge in [0.05, 0.1) is 6.61 Å². The van der Waals surface area contributed by atoms with Crippen molar-refractivity contribution in [3.05, 3.63) is 42.0 Å². The fourth-order valence-electron chi connectivity index (χ4n) is 3.03. The number of piperazine rings is 1. The predicted molar refractivity (Wildman–Crippen MR) is 84.4 cm³/mol. The van der Waals surface area contributed by atoms with E-state index in [4.69, 9.17) is 5.11 Å². The van der Waals surface area contributed by atoms with Crippen LogP contribution in [0.3, 0.4) is 0 Å². The largest absolute Gasteiger partial charge is 0.508 e. The van der Waals surface area contributed by atoms with Crippen molar-refractivity contribution in [1.82, 2.24) is 9.80 Å². The highest BCUT2D eigenvalue weighted by molar-refractivity contribution is 5.87. The Bertz CT molecular complexity index is 607. The lowest BCUT2D eigenvalue weighted by Gasteiger charge is -2.34. The van der Waals surface area contributed by atoms with Gasteiger partial charge in [0.1, 0.15) is 5.75 Å². The van der Waals surface area contributed by atoms with Gasteiger partial charge in [0.15, 0.2) is 0 Å². The topological polar surface area (TPSA) is 46.9 Å². The third kappa shape index (κ3) is 3.18. The quantitative estimate of drug-likeness (QED) is 0.897. The zero-order valence-electron chi connectivity index (χ0n) is 12.2. The summed E-state index contributed by atoms with van der Waals surface area (Å²) in [4.78, 5) is 4.65. The molecule has 1 saturated heterocycles. The Labute approximate surface area is 125 Å². The van der Waals surface area contributed by atoms with Crippen molar-refractivity contribution in [2.24, 2.45) is 0 Å². The van der Waals surface area contributed by atoms with Gasteiger partial charge in [-0.05, 0) is 16.8 Å². The maximum absolute atomic E-state index is 10.2. The minimum Gasteiger partial charge on any atom is -0.508 e.